The minimum absolute atomic E-state index is 0.156. The molecule has 0 unspecified atom stereocenters. The van der Waals surface area contributed by atoms with Crippen LogP contribution >= 0.6 is 0 Å². The average Bonchev–Trinajstić information content (AvgIpc) is 2.27. The predicted molar refractivity (Wildman–Crippen MR) is 59.2 cm³/mol. The third kappa shape index (κ3) is 5.33. The smallest absolute Gasteiger partial charge is 0.422 e. The van der Waals surface area contributed by atoms with E-state index in [4.69, 9.17) is 0 Å². The maximum Gasteiger partial charge on any atom is 0.422 e. The number of halogens is 3. The van der Waals surface area contributed by atoms with Gasteiger partial charge >= 0.3 is 6.18 Å². The van der Waals surface area contributed by atoms with E-state index in [1.807, 2.05) is 0 Å². The quantitative estimate of drug-likeness (QED) is 0.846. The third-order valence-electron chi connectivity index (χ3n) is 1.71. The van der Waals surface area contributed by atoms with Gasteiger partial charge < -0.3 is 10.1 Å². The summed E-state index contributed by atoms with van der Waals surface area (Å²) in [6.07, 6.45) is -0.314. The van der Waals surface area contributed by atoms with Gasteiger partial charge in [-0.25, -0.2) is 4.98 Å². The molecule has 0 saturated heterocycles. The van der Waals surface area contributed by atoms with E-state index in [0.29, 0.717) is 5.69 Å². The van der Waals surface area contributed by atoms with Gasteiger partial charge in [-0.2, -0.15) is 13.2 Å². The topological polar surface area (TPSA) is 51.2 Å². The number of carbonyl (C=O) groups excluding carboxylic acids is 1. The molecule has 0 atom stereocenters. The van der Waals surface area contributed by atoms with E-state index >= 15 is 0 Å². The van der Waals surface area contributed by atoms with Crippen molar-refractivity contribution in [1.29, 1.82) is 0 Å². The van der Waals surface area contributed by atoms with Crippen molar-refractivity contribution >= 4 is 11.6 Å². The number of ether oxygens (including phenoxy) is 1. The van der Waals surface area contributed by atoms with Gasteiger partial charge in [0.25, 0.3) is 0 Å². The highest BCUT2D eigenvalue weighted by Gasteiger charge is 2.28. The molecule has 1 aromatic heterocycles. The van der Waals surface area contributed by atoms with Gasteiger partial charge in [-0.1, -0.05) is 6.08 Å². The Kier molecular flexibility index (Phi) is 4.70. The summed E-state index contributed by atoms with van der Waals surface area (Å²) >= 11 is 0. The number of alkyl halides is 3. The Morgan fingerprint density at radius 1 is 1.50 bits per heavy atom. The minimum atomic E-state index is -4.40. The number of hydrogen-bond donors (Lipinski definition) is 1. The minimum Gasteiger partial charge on any atom is -0.468 e. The molecule has 0 fully saturated rings. The second-order valence-electron chi connectivity index (χ2n) is 3.28. The summed E-state index contributed by atoms with van der Waals surface area (Å²) in [7, 11) is 0. The van der Waals surface area contributed by atoms with Gasteiger partial charge in [0.15, 0.2) is 6.61 Å². The fourth-order valence-electron chi connectivity index (χ4n) is 1.03. The second-order valence-corrected chi connectivity index (χ2v) is 3.28. The molecular formula is C11H11F3N2O2. The van der Waals surface area contributed by atoms with E-state index < -0.39 is 12.8 Å². The molecule has 1 heterocycles. The molecular weight excluding hydrogens is 249 g/mol. The summed E-state index contributed by atoms with van der Waals surface area (Å²) in [6, 6.07) is 2.65. The number of rotatable bonds is 4. The van der Waals surface area contributed by atoms with Crippen LogP contribution in [0.4, 0.5) is 18.9 Å². The van der Waals surface area contributed by atoms with Crippen LogP contribution in [0.5, 0.6) is 5.88 Å². The van der Waals surface area contributed by atoms with Crippen LogP contribution in [0.25, 0.3) is 0 Å². The lowest BCUT2D eigenvalue weighted by Crippen LogP contribution is -2.19. The average molecular weight is 260 g/mol. The van der Waals surface area contributed by atoms with Gasteiger partial charge in [0.1, 0.15) is 0 Å². The van der Waals surface area contributed by atoms with Crippen molar-refractivity contribution in [2.75, 3.05) is 11.9 Å². The van der Waals surface area contributed by atoms with Crippen molar-refractivity contribution in [3.05, 3.63) is 30.5 Å². The fourth-order valence-corrected chi connectivity index (χ4v) is 1.03. The van der Waals surface area contributed by atoms with Crippen LogP contribution in [0.1, 0.15) is 6.92 Å². The lowest BCUT2D eigenvalue weighted by molar-refractivity contribution is -0.154. The molecule has 1 aromatic rings. The Hall–Kier alpha value is -2.05. The van der Waals surface area contributed by atoms with Crippen molar-refractivity contribution in [3.8, 4) is 5.88 Å². The Morgan fingerprint density at radius 2 is 2.22 bits per heavy atom. The van der Waals surface area contributed by atoms with E-state index in [2.05, 4.69) is 15.0 Å². The molecule has 1 rings (SSSR count). The summed E-state index contributed by atoms with van der Waals surface area (Å²) in [4.78, 5) is 14.8. The molecule has 0 aliphatic carbocycles. The zero-order chi connectivity index (χ0) is 13.6. The Balaban J connectivity index is 2.55. The standard InChI is InChI=1S/C11H11F3N2O2/c1-2-3-9(17)16-8-4-5-10(15-6-8)18-7-11(12,13)14/h2-6H,7H2,1H3,(H,16,17). The van der Waals surface area contributed by atoms with Gasteiger partial charge in [0.05, 0.1) is 11.9 Å². The van der Waals surface area contributed by atoms with E-state index in [-0.39, 0.29) is 11.8 Å². The molecule has 4 nitrogen and oxygen atoms in total. The van der Waals surface area contributed by atoms with E-state index in [9.17, 15) is 18.0 Å². The van der Waals surface area contributed by atoms with Gasteiger partial charge in [-0.15, -0.1) is 0 Å². The first-order valence-corrected chi connectivity index (χ1v) is 5.00. The van der Waals surface area contributed by atoms with Crippen LogP contribution < -0.4 is 10.1 Å². The summed E-state index contributed by atoms with van der Waals surface area (Å²) in [5.41, 5.74) is 0.373. The predicted octanol–water partition coefficient (Wildman–Crippen LogP) is 2.54. The fraction of sp³-hybridized carbons (Fsp3) is 0.273. The SMILES string of the molecule is CC=CC(=O)Nc1ccc(OCC(F)(F)F)nc1. The van der Waals surface area contributed by atoms with Crippen LogP contribution in [0, 0.1) is 0 Å². The van der Waals surface area contributed by atoms with Gasteiger partial charge in [-0.3, -0.25) is 4.79 Å². The van der Waals surface area contributed by atoms with Crippen LogP contribution in [0.3, 0.4) is 0 Å². The highest BCUT2D eigenvalue weighted by molar-refractivity contribution is 5.99. The maximum atomic E-state index is 11.9. The summed E-state index contributed by atoms with van der Waals surface area (Å²) in [6.45, 7) is 0.288. The lowest BCUT2D eigenvalue weighted by atomic mass is 10.4. The van der Waals surface area contributed by atoms with Crippen molar-refractivity contribution in [2.45, 2.75) is 13.1 Å². The van der Waals surface area contributed by atoms with Crippen LogP contribution in [-0.4, -0.2) is 23.7 Å². The Morgan fingerprint density at radius 3 is 2.72 bits per heavy atom. The first-order valence-electron chi connectivity index (χ1n) is 5.00. The number of carbonyl (C=O) groups is 1. The molecule has 0 aromatic carbocycles. The third-order valence-corrected chi connectivity index (χ3v) is 1.71. The lowest BCUT2D eigenvalue weighted by Gasteiger charge is -2.08. The number of pyridine rings is 1. The largest absolute Gasteiger partial charge is 0.468 e. The molecule has 0 spiro atoms. The van der Waals surface area contributed by atoms with Gasteiger partial charge in [0.2, 0.25) is 11.8 Å². The Labute approximate surface area is 101 Å². The highest BCUT2D eigenvalue weighted by atomic mass is 19.4. The van der Waals surface area contributed by atoms with E-state index in [0.717, 1.165) is 0 Å². The molecule has 0 aliphatic heterocycles. The molecule has 0 aliphatic rings. The Bertz CT molecular complexity index is 427. The molecule has 1 amide bonds. The van der Waals surface area contributed by atoms with Crippen LogP contribution in [0.15, 0.2) is 30.5 Å². The van der Waals surface area contributed by atoms with Crippen molar-refractivity contribution < 1.29 is 22.7 Å². The number of allylic oxidation sites excluding steroid dienone is 1. The van der Waals surface area contributed by atoms with E-state index in [1.165, 1.54) is 24.4 Å². The molecule has 18 heavy (non-hydrogen) atoms. The first-order chi connectivity index (χ1) is 8.40. The normalized spacial score (nSPS) is 11.6. The van der Waals surface area contributed by atoms with Crippen molar-refractivity contribution in [2.24, 2.45) is 0 Å². The number of hydrogen-bond acceptors (Lipinski definition) is 3. The molecule has 1 N–H and O–H groups in total. The van der Waals surface area contributed by atoms with E-state index in [1.54, 1.807) is 13.0 Å². The molecule has 0 saturated carbocycles. The van der Waals surface area contributed by atoms with Gasteiger partial charge in [-0.05, 0) is 19.1 Å². The van der Waals surface area contributed by atoms with Crippen LogP contribution in [-0.2, 0) is 4.79 Å². The summed E-state index contributed by atoms with van der Waals surface area (Å²) < 4.78 is 40.0. The number of nitrogens with zero attached hydrogens (tertiary/aromatic N) is 1. The second kappa shape index (κ2) is 6.04. The maximum absolute atomic E-state index is 11.9. The molecule has 0 radical (unpaired) electrons. The summed E-state index contributed by atoms with van der Waals surface area (Å²) in [5.74, 6) is -0.500. The summed E-state index contributed by atoms with van der Waals surface area (Å²) in [5, 5.41) is 2.48. The molecule has 98 valence electrons. The van der Waals surface area contributed by atoms with Crippen LogP contribution in [0.2, 0.25) is 0 Å². The van der Waals surface area contributed by atoms with Gasteiger partial charge in [0, 0.05) is 6.07 Å². The zero-order valence-electron chi connectivity index (χ0n) is 9.49. The number of aromatic nitrogens is 1. The zero-order valence-corrected chi connectivity index (χ0v) is 9.49. The van der Waals surface area contributed by atoms with Crippen molar-refractivity contribution in [1.82, 2.24) is 4.98 Å². The number of anilines is 1. The first kappa shape index (κ1) is 14.0. The molecule has 7 heteroatoms. The monoisotopic (exact) mass is 260 g/mol. The molecule has 0 bridgehead atoms. The highest BCUT2D eigenvalue weighted by Crippen LogP contribution is 2.17. The number of amides is 1. The van der Waals surface area contributed by atoms with Crippen molar-refractivity contribution in [3.63, 3.8) is 0 Å². The number of nitrogens with one attached hydrogen (secondary N) is 1.